The van der Waals surface area contributed by atoms with Crippen molar-refractivity contribution in [3.8, 4) is 11.1 Å². The molecule has 0 unspecified atom stereocenters. The van der Waals surface area contributed by atoms with Crippen molar-refractivity contribution in [2.45, 2.75) is 6.54 Å². The van der Waals surface area contributed by atoms with Crippen LogP contribution in [0.25, 0.3) is 11.1 Å². The van der Waals surface area contributed by atoms with Gasteiger partial charge in [0.05, 0.1) is 5.56 Å². The van der Waals surface area contributed by atoms with Gasteiger partial charge >= 0.3 is 0 Å². The molecule has 2 rings (SSSR count). The third kappa shape index (κ3) is 2.38. The molecule has 0 amide bonds. The second kappa shape index (κ2) is 5.23. The number of nitrogens with one attached hydrogen (secondary N) is 1. The van der Waals surface area contributed by atoms with Crippen LogP contribution >= 0.6 is 0 Å². The van der Waals surface area contributed by atoms with Gasteiger partial charge in [0.25, 0.3) is 0 Å². The molecular weight excluding hydrogens is 239 g/mol. The molecule has 0 bridgehead atoms. The fraction of sp³-hybridized carbons (Fsp3) is 0.143. The average Bonchev–Trinajstić information content (AvgIpc) is 2.32. The minimum atomic E-state index is -0.654. The zero-order valence-electron chi connectivity index (χ0n) is 9.81. The Balaban J connectivity index is 2.63. The average molecular weight is 251 g/mol. The van der Waals surface area contributed by atoms with Crippen molar-refractivity contribution in [1.29, 1.82) is 0 Å². The highest BCUT2D eigenvalue weighted by atomic mass is 19.1. The fourth-order valence-corrected chi connectivity index (χ4v) is 1.90. The second-order valence-corrected chi connectivity index (χ2v) is 3.93. The molecule has 0 atom stereocenters. The van der Waals surface area contributed by atoms with Crippen LogP contribution in [0.4, 0.5) is 13.2 Å². The molecule has 0 aromatic heterocycles. The Labute approximate surface area is 103 Å². The van der Waals surface area contributed by atoms with Gasteiger partial charge in [-0.1, -0.05) is 12.1 Å². The predicted octanol–water partition coefficient (Wildman–Crippen LogP) is 3.49. The molecule has 1 nitrogen and oxygen atoms in total. The van der Waals surface area contributed by atoms with E-state index >= 15 is 0 Å². The van der Waals surface area contributed by atoms with Gasteiger partial charge in [-0.05, 0) is 42.4 Å². The van der Waals surface area contributed by atoms with E-state index in [9.17, 15) is 13.2 Å². The zero-order valence-corrected chi connectivity index (χ0v) is 9.81. The highest BCUT2D eigenvalue weighted by molar-refractivity contribution is 5.68. The number of rotatable bonds is 3. The lowest BCUT2D eigenvalue weighted by Crippen LogP contribution is -2.07. The van der Waals surface area contributed by atoms with Crippen molar-refractivity contribution in [1.82, 2.24) is 5.32 Å². The van der Waals surface area contributed by atoms with E-state index in [0.29, 0.717) is 17.7 Å². The molecule has 0 aliphatic rings. The lowest BCUT2D eigenvalue weighted by atomic mass is 9.98. The molecule has 0 saturated heterocycles. The van der Waals surface area contributed by atoms with Gasteiger partial charge in [0.2, 0.25) is 0 Å². The molecule has 0 spiro atoms. The first-order valence-corrected chi connectivity index (χ1v) is 5.51. The summed E-state index contributed by atoms with van der Waals surface area (Å²) in [5.74, 6) is -1.74. The molecule has 2 aromatic rings. The highest BCUT2D eigenvalue weighted by Gasteiger charge is 2.14. The topological polar surface area (TPSA) is 12.0 Å². The maximum absolute atomic E-state index is 13.7. The molecule has 18 heavy (non-hydrogen) atoms. The summed E-state index contributed by atoms with van der Waals surface area (Å²) in [7, 11) is 1.69. The molecule has 2 aromatic carbocycles. The van der Waals surface area contributed by atoms with Crippen LogP contribution in [0.1, 0.15) is 5.56 Å². The van der Waals surface area contributed by atoms with Gasteiger partial charge in [-0.2, -0.15) is 0 Å². The fourth-order valence-electron chi connectivity index (χ4n) is 1.90. The van der Waals surface area contributed by atoms with Crippen molar-refractivity contribution in [3.63, 3.8) is 0 Å². The molecule has 0 saturated carbocycles. The summed E-state index contributed by atoms with van der Waals surface area (Å²) in [6, 6.07) is 7.53. The molecule has 94 valence electrons. The third-order valence-corrected chi connectivity index (χ3v) is 2.67. The normalized spacial score (nSPS) is 10.7. The second-order valence-electron chi connectivity index (χ2n) is 3.93. The predicted molar refractivity (Wildman–Crippen MR) is 64.5 cm³/mol. The summed E-state index contributed by atoms with van der Waals surface area (Å²) in [6.45, 7) is 0.334. The van der Waals surface area contributed by atoms with E-state index in [1.807, 2.05) is 0 Å². The first-order chi connectivity index (χ1) is 8.63. The summed E-state index contributed by atoms with van der Waals surface area (Å²) < 4.78 is 40.6. The number of benzene rings is 2. The van der Waals surface area contributed by atoms with E-state index in [4.69, 9.17) is 0 Å². The van der Waals surface area contributed by atoms with Crippen molar-refractivity contribution >= 4 is 0 Å². The Bertz CT molecular complexity index is 547. The summed E-state index contributed by atoms with van der Waals surface area (Å²) in [6.07, 6.45) is 0. The van der Waals surface area contributed by atoms with Gasteiger partial charge < -0.3 is 5.32 Å². The zero-order chi connectivity index (χ0) is 13.1. The van der Waals surface area contributed by atoms with E-state index in [1.54, 1.807) is 7.05 Å². The SMILES string of the molecule is CNCc1cc(F)ccc1-c1c(F)cccc1F. The van der Waals surface area contributed by atoms with Gasteiger partial charge in [0, 0.05) is 6.54 Å². The van der Waals surface area contributed by atoms with E-state index in [-0.39, 0.29) is 5.56 Å². The number of hydrogen-bond donors (Lipinski definition) is 1. The minimum Gasteiger partial charge on any atom is -0.316 e. The smallest absolute Gasteiger partial charge is 0.133 e. The van der Waals surface area contributed by atoms with Crippen molar-refractivity contribution in [2.75, 3.05) is 7.05 Å². The standard InChI is InChI=1S/C14H12F3N/c1-18-8-9-7-10(15)5-6-11(9)14-12(16)3-2-4-13(14)17/h2-7,18H,8H2,1H3. The van der Waals surface area contributed by atoms with Crippen molar-refractivity contribution < 1.29 is 13.2 Å². The lowest BCUT2D eigenvalue weighted by Gasteiger charge is -2.11. The summed E-state index contributed by atoms with van der Waals surface area (Å²) >= 11 is 0. The van der Waals surface area contributed by atoms with Crippen LogP contribution in [-0.2, 0) is 6.54 Å². The van der Waals surface area contributed by atoms with Gasteiger partial charge in [-0.15, -0.1) is 0 Å². The summed E-state index contributed by atoms with van der Waals surface area (Å²) in [5.41, 5.74) is 0.755. The Morgan fingerprint density at radius 2 is 1.67 bits per heavy atom. The van der Waals surface area contributed by atoms with Crippen LogP contribution < -0.4 is 5.32 Å². The first-order valence-electron chi connectivity index (χ1n) is 5.51. The van der Waals surface area contributed by atoms with Crippen molar-refractivity contribution in [2.24, 2.45) is 0 Å². The Morgan fingerprint density at radius 1 is 1.00 bits per heavy atom. The summed E-state index contributed by atoms with van der Waals surface area (Å²) in [5, 5.41) is 2.85. The molecule has 0 radical (unpaired) electrons. The highest BCUT2D eigenvalue weighted by Crippen LogP contribution is 2.29. The molecule has 4 heteroatoms. The quantitative estimate of drug-likeness (QED) is 0.880. The minimum absolute atomic E-state index is 0.122. The van der Waals surface area contributed by atoms with Crippen LogP contribution in [0.2, 0.25) is 0 Å². The number of halogens is 3. The van der Waals surface area contributed by atoms with E-state index in [2.05, 4.69) is 5.32 Å². The van der Waals surface area contributed by atoms with Crippen LogP contribution in [0, 0.1) is 17.5 Å². The molecule has 1 N–H and O–H groups in total. The Kier molecular flexibility index (Phi) is 3.67. The van der Waals surface area contributed by atoms with Gasteiger partial charge in [-0.3, -0.25) is 0 Å². The molecule has 0 fully saturated rings. The van der Waals surface area contributed by atoms with E-state index in [1.165, 1.54) is 36.4 Å². The lowest BCUT2D eigenvalue weighted by molar-refractivity contribution is 0.588. The van der Waals surface area contributed by atoms with Crippen LogP contribution in [0.15, 0.2) is 36.4 Å². The van der Waals surface area contributed by atoms with Crippen LogP contribution in [-0.4, -0.2) is 7.05 Å². The monoisotopic (exact) mass is 251 g/mol. The van der Waals surface area contributed by atoms with E-state index in [0.717, 1.165) is 0 Å². The molecule has 0 heterocycles. The van der Waals surface area contributed by atoms with Crippen LogP contribution in [0.5, 0.6) is 0 Å². The maximum atomic E-state index is 13.7. The van der Waals surface area contributed by atoms with E-state index < -0.39 is 17.5 Å². The largest absolute Gasteiger partial charge is 0.316 e. The van der Waals surface area contributed by atoms with Crippen molar-refractivity contribution in [3.05, 3.63) is 59.4 Å². The molecule has 0 aliphatic carbocycles. The van der Waals surface area contributed by atoms with Gasteiger partial charge in [0.1, 0.15) is 17.5 Å². The van der Waals surface area contributed by atoms with Gasteiger partial charge in [0.15, 0.2) is 0 Å². The summed E-state index contributed by atoms with van der Waals surface area (Å²) in [4.78, 5) is 0. The Hall–Kier alpha value is -1.81. The third-order valence-electron chi connectivity index (χ3n) is 2.67. The van der Waals surface area contributed by atoms with Gasteiger partial charge in [-0.25, -0.2) is 13.2 Å². The van der Waals surface area contributed by atoms with Crippen LogP contribution in [0.3, 0.4) is 0 Å². The number of hydrogen-bond acceptors (Lipinski definition) is 1. The molecular formula is C14H12F3N. The maximum Gasteiger partial charge on any atom is 0.133 e. The molecule has 0 aliphatic heterocycles. The first kappa shape index (κ1) is 12.6. The Morgan fingerprint density at radius 3 is 2.28 bits per heavy atom.